The predicted molar refractivity (Wildman–Crippen MR) is 107 cm³/mol. The normalized spacial score (nSPS) is 15.0. The summed E-state index contributed by atoms with van der Waals surface area (Å²) in [6.45, 7) is 11.2. The molecule has 6 nitrogen and oxygen atoms in total. The van der Waals surface area contributed by atoms with Crippen molar-refractivity contribution in [3.05, 3.63) is 47.3 Å². The van der Waals surface area contributed by atoms with Crippen molar-refractivity contribution in [2.45, 2.75) is 33.1 Å². The Morgan fingerprint density at radius 2 is 1.67 bits per heavy atom. The van der Waals surface area contributed by atoms with Crippen LogP contribution in [0.15, 0.2) is 30.3 Å². The van der Waals surface area contributed by atoms with E-state index in [9.17, 15) is 4.79 Å². The summed E-state index contributed by atoms with van der Waals surface area (Å²) < 4.78 is 5.23. The summed E-state index contributed by atoms with van der Waals surface area (Å²) in [5.74, 6) is 2.18. The van der Waals surface area contributed by atoms with Gasteiger partial charge in [-0.05, 0) is 30.0 Å². The fraction of sp³-hybridized carbons (Fsp3) is 0.476. The molecule has 27 heavy (non-hydrogen) atoms. The predicted octanol–water partition coefficient (Wildman–Crippen LogP) is 3.05. The number of carbonyl (C=O) groups excluding carboxylic acids is 1. The van der Waals surface area contributed by atoms with Crippen LogP contribution in [-0.2, 0) is 5.41 Å². The third-order valence-corrected chi connectivity index (χ3v) is 4.90. The highest BCUT2D eigenvalue weighted by Gasteiger charge is 2.24. The highest BCUT2D eigenvalue weighted by molar-refractivity contribution is 5.94. The number of nitrogens with zero attached hydrogens (tertiary/aromatic N) is 4. The van der Waals surface area contributed by atoms with Crippen LogP contribution in [0.5, 0.6) is 5.88 Å². The Morgan fingerprint density at radius 3 is 2.22 bits per heavy atom. The average Bonchev–Trinajstić information content (AvgIpc) is 2.66. The van der Waals surface area contributed by atoms with Crippen molar-refractivity contribution in [1.29, 1.82) is 0 Å². The summed E-state index contributed by atoms with van der Waals surface area (Å²) in [6, 6.07) is 9.83. The number of methoxy groups -OCH3 is 1. The molecule has 0 atom stereocenters. The van der Waals surface area contributed by atoms with E-state index in [1.807, 2.05) is 30.0 Å². The van der Waals surface area contributed by atoms with Gasteiger partial charge in [-0.3, -0.25) is 4.79 Å². The number of hydrogen-bond donors (Lipinski definition) is 0. The van der Waals surface area contributed by atoms with E-state index in [0.29, 0.717) is 24.8 Å². The maximum atomic E-state index is 12.8. The van der Waals surface area contributed by atoms with Crippen LogP contribution in [0.1, 0.15) is 42.5 Å². The average molecular weight is 368 g/mol. The number of anilines is 1. The van der Waals surface area contributed by atoms with Gasteiger partial charge in [0, 0.05) is 37.8 Å². The zero-order chi connectivity index (χ0) is 19.6. The fourth-order valence-electron chi connectivity index (χ4n) is 3.23. The van der Waals surface area contributed by atoms with Gasteiger partial charge < -0.3 is 14.5 Å². The SMILES string of the molecule is COc1cc(N2CCN(C(=O)c3ccc(C(C)(C)C)cc3)CC2)nc(C)n1. The molecule has 0 spiro atoms. The molecule has 6 heteroatoms. The summed E-state index contributed by atoms with van der Waals surface area (Å²) in [5.41, 5.74) is 2.07. The lowest BCUT2D eigenvalue weighted by molar-refractivity contribution is 0.0746. The number of ether oxygens (including phenoxy) is 1. The van der Waals surface area contributed by atoms with Crippen LogP contribution in [-0.4, -0.2) is 54.1 Å². The maximum absolute atomic E-state index is 12.8. The van der Waals surface area contributed by atoms with Gasteiger partial charge in [0.05, 0.1) is 7.11 Å². The minimum Gasteiger partial charge on any atom is -0.481 e. The molecule has 0 aliphatic carbocycles. The van der Waals surface area contributed by atoms with Crippen LogP contribution < -0.4 is 9.64 Å². The van der Waals surface area contributed by atoms with E-state index in [2.05, 4.69) is 47.8 Å². The van der Waals surface area contributed by atoms with Crippen molar-refractivity contribution < 1.29 is 9.53 Å². The van der Waals surface area contributed by atoms with Gasteiger partial charge >= 0.3 is 0 Å². The van der Waals surface area contributed by atoms with E-state index < -0.39 is 0 Å². The Kier molecular flexibility index (Phi) is 5.35. The summed E-state index contributed by atoms with van der Waals surface area (Å²) in [6.07, 6.45) is 0. The number of aryl methyl sites for hydroxylation is 1. The van der Waals surface area contributed by atoms with Crippen LogP contribution in [0.2, 0.25) is 0 Å². The minimum atomic E-state index is 0.0872. The molecule has 2 heterocycles. The first-order valence-corrected chi connectivity index (χ1v) is 9.32. The number of hydrogen-bond acceptors (Lipinski definition) is 5. The first-order chi connectivity index (χ1) is 12.8. The van der Waals surface area contributed by atoms with Gasteiger partial charge in [0.25, 0.3) is 5.91 Å². The molecule has 0 N–H and O–H groups in total. The van der Waals surface area contributed by atoms with E-state index in [1.165, 1.54) is 5.56 Å². The second-order valence-corrected chi connectivity index (χ2v) is 7.92. The van der Waals surface area contributed by atoms with Crippen LogP contribution in [0.3, 0.4) is 0 Å². The third kappa shape index (κ3) is 4.38. The zero-order valence-corrected chi connectivity index (χ0v) is 16.8. The largest absolute Gasteiger partial charge is 0.481 e. The molecule has 0 saturated carbocycles. The van der Waals surface area contributed by atoms with Gasteiger partial charge in [-0.2, -0.15) is 4.98 Å². The monoisotopic (exact) mass is 368 g/mol. The van der Waals surface area contributed by atoms with Gasteiger partial charge in [0.1, 0.15) is 11.6 Å². The second-order valence-electron chi connectivity index (χ2n) is 7.92. The summed E-state index contributed by atoms with van der Waals surface area (Å²) >= 11 is 0. The molecule has 0 radical (unpaired) electrons. The first-order valence-electron chi connectivity index (χ1n) is 9.32. The summed E-state index contributed by atoms with van der Waals surface area (Å²) in [4.78, 5) is 25.6. The van der Waals surface area contributed by atoms with E-state index in [-0.39, 0.29) is 11.3 Å². The Labute approximate surface area is 161 Å². The number of benzene rings is 1. The Hall–Kier alpha value is -2.63. The maximum Gasteiger partial charge on any atom is 0.253 e. The highest BCUT2D eigenvalue weighted by atomic mass is 16.5. The molecule has 3 rings (SSSR count). The molecule has 1 aromatic heterocycles. The topological polar surface area (TPSA) is 58.6 Å². The molecule has 1 fully saturated rings. The summed E-state index contributed by atoms with van der Waals surface area (Å²) in [7, 11) is 1.60. The fourth-order valence-corrected chi connectivity index (χ4v) is 3.23. The minimum absolute atomic E-state index is 0.0872. The lowest BCUT2D eigenvalue weighted by Crippen LogP contribution is -2.49. The lowest BCUT2D eigenvalue weighted by Gasteiger charge is -2.35. The quantitative estimate of drug-likeness (QED) is 0.833. The highest BCUT2D eigenvalue weighted by Crippen LogP contribution is 2.23. The van der Waals surface area contributed by atoms with Crippen LogP contribution in [0, 0.1) is 6.92 Å². The van der Waals surface area contributed by atoms with Crippen LogP contribution in [0.25, 0.3) is 0 Å². The molecular weight excluding hydrogens is 340 g/mol. The van der Waals surface area contributed by atoms with Crippen molar-refractivity contribution in [3.63, 3.8) is 0 Å². The van der Waals surface area contributed by atoms with Gasteiger partial charge in [-0.25, -0.2) is 4.98 Å². The van der Waals surface area contributed by atoms with Crippen molar-refractivity contribution in [1.82, 2.24) is 14.9 Å². The molecule has 2 aromatic rings. The molecule has 1 aromatic carbocycles. The number of rotatable bonds is 3. The van der Waals surface area contributed by atoms with E-state index in [1.54, 1.807) is 7.11 Å². The number of aromatic nitrogens is 2. The third-order valence-electron chi connectivity index (χ3n) is 4.90. The second kappa shape index (κ2) is 7.55. The Morgan fingerprint density at radius 1 is 1.04 bits per heavy atom. The molecule has 0 bridgehead atoms. The van der Waals surface area contributed by atoms with Gasteiger partial charge in [0.2, 0.25) is 5.88 Å². The lowest BCUT2D eigenvalue weighted by atomic mass is 9.86. The molecule has 1 saturated heterocycles. The number of amides is 1. The van der Waals surface area contributed by atoms with Crippen LogP contribution in [0.4, 0.5) is 5.82 Å². The number of carbonyl (C=O) groups is 1. The molecule has 144 valence electrons. The van der Waals surface area contributed by atoms with Gasteiger partial charge in [-0.15, -0.1) is 0 Å². The molecular formula is C21H28N4O2. The zero-order valence-electron chi connectivity index (χ0n) is 16.8. The molecule has 1 aliphatic rings. The van der Waals surface area contributed by atoms with Crippen molar-refractivity contribution in [3.8, 4) is 5.88 Å². The Bertz CT molecular complexity index is 804. The standard InChI is InChI=1S/C21H28N4O2/c1-15-22-18(14-19(23-15)27-5)24-10-12-25(13-11-24)20(26)16-6-8-17(9-7-16)21(2,3)4/h6-9,14H,10-13H2,1-5H3. The van der Waals surface area contributed by atoms with E-state index in [4.69, 9.17) is 4.74 Å². The van der Waals surface area contributed by atoms with Gasteiger partial charge in [0.15, 0.2) is 0 Å². The molecule has 0 unspecified atom stereocenters. The van der Waals surface area contributed by atoms with Crippen LogP contribution >= 0.6 is 0 Å². The number of piperazine rings is 1. The Balaban J connectivity index is 1.65. The summed E-state index contributed by atoms with van der Waals surface area (Å²) in [5, 5.41) is 0. The molecule has 1 aliphatic heterocycles. The van der Waals surface area contributed by atoms with Crippen molar-refractivity contribution in [2.75, 3.05) is 38.2 Å². The van der Waals surface area contributed by atoms with Gasteiger partial charge in [-0.1, -0.05) is 32.9 Å². The van der Waals surface area contributed by atoms with E-state index in [0.717, 1.165) is 24.5 Å². The van der Waals surface area contributed by atoms with Crippen molar-refractivity contribution >= 4 is 11.7 Å². The molecule has 1 amide bonds. The smallest absolute Gasteiger partial charge is 0.253 e. The van der Waals surface area contributed by atoms with E-state index >= 15 is 0 Å². The van der Waals surface area contributed by atoms with Crippen molar-refractivity contribution in [2.24, 2.45) is 0 Å². The first kappa shape index (κ1) is 19.1.